The Morgan fingerprint density at radius 1 is 0.778 bits per heavy atom. The molecule has 1 N–H and O–H groups in total. The van der Waals surface area contributed by atoms with E-state index in [0.717, 1.165) is 22.0 Å². The van der Waals surface area contributed by atoms with Crippen LogP contribution in [-0.2, 0) is 12.2 Å². The molecule has 0 atom stereocenters. The third-order valence-corrected chi connectivity index (χ3v) is 6.51. The maximum atomic E-state index is 12.3. The second-order valence-corrected chi connectivity index (χ2v) is 9.08. The van der Waals surface area contributed by atoms with Crippen LogP contribution < -0.4 is 5.32 Å². The zero-order valence-electron chi connectivity index (χ0n) is 19.5. The van der Waals surface area contributed by atoms with Gasteiger partial charge in [-0.1, -0.05) is 72.4 Å². The van der Waals surface area contributed by atoms with E-state index in [2.05, 4.69) is 56.9 Å². The molecule has 3 aromatic heterocycles. The van der Waals surface area contributed by atoms with Gasteiger partial charge in [0.15, 0.2) is 5.76 Å². The number of hydrogen-bond donors (Lipinski definition) is 1. The minimum Gasteiger partial charge on any atom is -0.455 e. The number of aromatic nitrogens is 3. The first-order chi connectivity index (χ1) is 17.7. The van der Waals surface area contributed by atoms with Gasteiger partial charge in [-0.05, 0) is 47.5 Å². The number of benzene rings is 2. The Hall–Kier alpha value is -4.23. The van der Waals surface area contributed by atoms with Crippen LogP contribution in [0.4, 0.5) is 0 Å². The van der Waals surface area contributed by atoms with Crippen LogP contribution in [0.3, 0.4) is 0 Å². The lowest BCUT2D eigenvalue weighted by Crippen LogP contribution is -2.25. The summed E-state index contributed by atoms with van der Waals surface area (Å²) in [5.74, 6) is 1.33. The first-order valence-electron chi connectivity index (χ1n) is 11.6. The van der Waals surface area contributed by atoms with Gasteiger partial charge in [0, 0.05) is 30.4 Å². The summed E-state index contributed by atoms with van der Waals surface area (Å²) < 4.78 is 5.71. The predicted octanol–water partition coefficient (Wildman–Crippen LogP) is 6.06. The van der Waals surface area contributed by atoms with Gasteiger partial charge >= 0.3 is 0 Å². The fraction of sp³-hybridized carbons (Fsp3) is 0.103. The minimum atomic E-state index is -0.232. The van der Waals surface area contributed by atoms with Gasteiger partial charge in [-0.15, -0.1) is 10.2 Å². The monoisotopic (exact) mass is 492 g/mol. The van der Waals surface area contributed by atoms with Gasteiger partial charge in [-0.25, -0.2) is 0 Å². The molecule has 5 aromatic rings. The Morgan fingerprint density at radius 2 is 1.56 bits per heavy atom. The number of amides is 1. The molecular weight excluding hydrogens is 468 g/mol. The predicted molar refractivity (Wildman–Crippen MR) is 141 cm³/mol. The van der Waals surface area contributed by atoms with Crippen molar-refractivity contribution in [2.75, 3.05) is 6.54 Å². The third-order valence-electron chi connectivity index (χ3n) is 5.57. The van der Waals surface area contributed by atoms with E-state index in [1.54, 1.807) is 12.3 Å². The molecule has 5 rings (SSSR count). The molecule has 2 aromatic carbocycles. The van der Waals surface area contributed by atoms with E-state index in [1.165, 1.54) is 22.9 Å². The zero-order chi connectivity index (χ0) is 24.6. The van der Waals surface area contributed by atoms with E-state index in [9.17, 15) is 4.79 Å². The maximum Gasteiger partial charge on any atom is 0.287 e. The molecule has 1 amide bonds. The molecule has 0 spiro atoms. The van der Waals surface area contributed by atoms with Crippen molar-refractivity contribution < 1.29 is 9.21 Å². The standard InChI is InChI=1S/C29H24N4O2S/c34-29(31-19-17-24-8-4-5-18-30-24)27-15-13-25(35-27)20-36-28-16-14-26(32-33-28)23-11-9-22(10-12-23)21-6-2-1-3-7-21/h1-16,18H,17,19-20H2,(H,31,34). The molecule has 0 fully saturated rings. The van der Waals surface area contributed by atoms with Crippen LogP contribution in [0.15, 0.2) is 113 Å². The first kappa shape index (κ1) is 23.5. The molecule has 0 saturated heterocycles. The Bertz CT molecular complexity index is 1400. The molecule has 0 aliphatic heterocycles. The van der Waals surface area contributed by atoms with E-state index in [-0.39, 0.29) is 5.91 Å². The Morgan fingerprint density at radius 3 is 2.31 bits per heavy atom. The number of nitrogens with one attached hydrogen (secondary N) is 1. The molecule has 7 heteroatoms. The van der Waals surface area contributed by atoms with Crippen molar-refractivity contribution in [3.05, 3.63) is 120 Å². The molecule has 0 aliphatic carbocycles. The highest BCUT2D eigenvalue weighted by molar-refractivity contribution is 7.98. The smallest absolute Gasteiger partial charge is 0.287 e. The lowest BCUT2D eigenvalue weighted by atomic mass is 10.0. The highest BCUT2D eigenvalue weighted by atomic mass is 32.2. The summed E-state index contributed by atoms with van der Waals surface area (Å²) in [7, 11) is 0. The van der Waals surface area contributed by atoms with Crippen molar-refractivity contribution in [2.45, 2.75) is 17.2 Å². The second-order valence-electron chi connectivity index (χ2n) is 8.08. The molecule has 0 aliphatic rings. The normalized spacial score (nSPS) is 10.8. The summed E-state index contributed by atoms with van der Waals surface area (Å²) in [5, 5.41) is 12.4. The second kappa shape index (κ2) is 11.5. The van der Waals surface area contributed by atoms with Crippen LogP contribution in [0.25, 0.3) is 22.4 Å². The third kappa shape index (κ3) is 6.06. The highest BCUT2D eigenvalue weighted by Gasteiger charge is 2.12. The number of carbonyl (C=O) groups excluding carboxylic acids is 1. The van der Waals surface area contributed by atoms with Crippen molar-refractivity contribution in [1.29, 1.82) is 0 Å². The molecular formula is C29H24N4O2S. The molecule has 3 heterocycles. The summed E-state index contributed by atoms with van der Waals surface area (Å²) in [6.07, 6.45) is 2.41. The SMILES string of the molecule is O=C(NCCc1ccccn1)c1ccc(CSc2ccc(-c3ccc(-c4ccccc4)cc3)nn2)o1. The van der Waals surface area contributed by atoms with E-state index in [0.29, 0.717) is 30.2 Å². The van der Waals surface area contributed by atoms with Gasteiger partial charge in [0.2, 0.25) is 0 Å². The van der Waals surface area contributed by atoms with E-state index in [1.807, 2.05) is 54.6 Å². The summed E-state index contributed by atoms with van der Waals surface area (Å²) >= 11 is 1.51. The first-order valence-corrected chi connectivity index (χ1v) is 12.6. The largest absolute Gasteiger partial charge is 0.455 e. The lowest BCUT2D eigenvalue weighted by molar-refractivity contribution is 0.0925. The number of pyridine rings is 1. The van der Waals surface area contributed by atoms with Gasteiger partial charge in [0.05, 0.1) is 11.4 Å². The molecule has 0 saturated carbocycles. The number of nitrogens with zero attached hydrogens (tertiary/aromatic N) is 3. The van der Waals surface area contributed by atoms with Gasteiger partial charge < -0.3 is 9.73 Å². The van der Waals surface area contributed by atoms with Crippen LogP contribution in [0, 0.1) is 0 Å². The van der Waals surface area contributed by atoms with Crippen LogP contribution in [0.1, 0.15) is 22.0 Å². The molecule has 0 radical (unpaired) electrons. The van der Waals surface area contributed by atoms with Gasteiger partial charge in [0.25, 0.3) is 5.91 Å². The summed E-state index contributed by atoms with van der Waals surface area (Å²) in [5.41, 5.74) is 5.12. The lowest BCUT2D eigenvalue weighted by Gasteiger charge is -2.05. The number of carbonyl (C=O) groups is 1. The van der Waals surface area contributed by atoms with E-state index in [4.69, 9.17) is 4.42 Å². The Kier molecular flexibility index (Phi) is 7.49. The summed E-state index contributed by atoms with van der Waals surface area (Å²) in [6, 6.07) is 31.8. The fourth-order valence-electron chi connectivity index (χ4n) is 3.67. The number of rotatable bonds is 9. The van der Waals surface area contributed by atoms with Crippen molar-refractivity contribution in [3.63, 3.8) is 0 Å². The maximum absolute atomic E-state index is 12.3. The van der Waals surface area contributed by atoms with Gasteiger partial charge in [0.1, 0.15) is 10.8 Å². The molecule has 0 bridgehead atoms. The van der Waals surface area contributed by atoms with Gasteiger partial charge in [-0.2, -0.15) is 0 Å². The average Bonchev–Trinajstić information content (AvgIpc) is 3.43. The highest BCUT2D eigenvalue weighted by Crippen LogP contribution is 2.26. The number of thioether (sulfide) groups is 1. The summed E-state index contributed by atoms with van der Waals surface area (Å²) in [6.45, 7) is 0.498. The minimum absolute atomic E-state index is 0.232. The van der Waals surface area contributed by atoms with Crippen LogP contribution >= 0.6 is 11.8 Å². The average molecular weight is 493 g/mol. The quantitative estimate of drug-likeness (QED) is 0.252. The van der Waals surface area contributed by atoms with Crippen LogP contribution in [0.5, 0.6) is 0 Å². The molecule has 36 heavy (non-hydrogen) atoms. The van der Waals surface area contributed by atoms with E-state index >= 15 is 0 Å². The van der Waals surface area contributed by atoms with Gasteiger partial charge in [-0.3, -0.25) is 9.78 Å². The Labute approximate surface area is 213 Å². The van der Waals surface area contributed by atoms with Crippen molar-refractivity contribution in [1.82, 2.24) is 20.5 Å². The molecule has 178 valence electrons. The molecule has 6 nitrogen and oxygen atoms in total. The van der Waals surface area contributed by atoms with E-state index < -0.39 is 0 Å². The van der Waals surface area contributed by atoms with Crippen LogP contribution in [-0.4, -0.2) is 27.6 Å². The molecule has 0 unspecified atom stereocenters. The summed E-state index contributed by atoms with van der Waals surface area (Å²) in [4.78, 5) is 16.6. The zero-order valence-corrected chi connectivity index (χ0v) is 20.3. The van der Waals surface area contributed by atoms with Crippen molar-refractivity contribution in [3.8, 4) is 22.4 Å². The fourth-order valence-corrected chi connectivity index (χ4v) is 4.38. The number of hydrogen-bond acceptors (Lipinski definition) is 6. The van der Waals surface area contributed by atoms with Crippen LogP contribution in [0.2, 0.25) is 0 Å². The Balaban J connectivity index is 1.12. The van der Waals surface area contributed by atoms with Crippen molar-refractivity contribution in [2.24, 2.45) is 0 Å². The topological polar surface area (TPSA) is 80.9 Å². The van der Waals surface area contributed by atoms with Crippen molar-refractivity contribution >= 4 is 17.7 Å². The number of furan rings is 1.